The molecular weight excluding hydrogens is 379 g/mol. The summed E-state index contributed by atoms with van der Waals surface area (Å²) >= 11 is 0. The summed E-state index contributed by atoms with van der Waals surface area (Å²) in [4.78, 5) is 23.6. The van der Waals surface area contributed by atoms with Gasteiger partial charge in [0.2, 0.25) is 5.89 Å². The summed E-state index contributed by atoms with van der Waals surface area (Å²) < 4.78 is 47.5. The van der Waals surface area contributed by atoms with Gasteiger partial charge in [-0.3, -0.25) is 10.1 Å². The summed E-state index contributed by atoms with van der Waals surface area (Å²) in [6.45, 7) is -0.678. The monoisotopic (exact) mass is 391 g/mol. The molecule has 0 radical (unpaired) electrons. The number of halogens is 3. The van der Waals surface area contributed by atoms with Gasteiger partial charge in [0, 0.05) is 5.56 Å². The summed E-state index contributed by atoms with van der Waals surface area (Å²) in [6.07, 6.45) is -4.51. The van der Waals surface area contributed by atoms with Gasteiger partial charge in [0.05, 0.1) is 11.1 Å². The number of alkyl halides is 3. The van der Waals surface area contributed by atoms with Crippen LogP contribution in [0.1, 0.15) is 15.9 Å². The average Bonchev–Trinajstić information content (AvgIpc) is 3.14. The third-order valence-electron chi connectivity index (χ3n) is 3.47. The SMILES string of the molecule is O=C(COC(=O)c1ccc(C(F)(F)F)cc1)Nc1nnc(-c2ccccc2)o1. The van der Waals surface area contributed by atoms with Gasteiger partial charge in [0.15, 0.2) is 6.61 Å². The Bertz CT molecular complexity index is 970. The highest BCUT2D eigenvalue weighted by molar-refractivity contribution is 5.94. The molecule has 0 spiro atoms. The lowest BCUT2D eigenvalue weighted by atomic mass is 10.1. The molecule has 1 N–H and O–H groups in total. The van der Waals surface area contributed by atoms with Crippen LogP contribution in [0.5, 0.6) is 0 Å². The molecule has 0 aliphatic carbocycles. The highest BCUT2D eigenvalue weighted by Gasteiger charge is 2.30. The number of rotatable bonds is 5. The van der Waals surface area contributed by atoms with Crippen LogP contribution in [0, 0.1) is 0 Å². The first-order valence-electron chi connectivity index (χ1n) is 7.86. The number of amides is 1. The van der Waals surface area contributed by atoms with Crippen LogP contribution in [-0.2, 0) is 15.7 Å². The Hall–Kier alpha value is -3.69. The zero-order valence-electron chi connectivity index (χ0n) is 14.1. The van der Waals surface area contributed by atoms with E-state index in [1.54, 1.807) is 24.3 Å². The van der Waals surface area contributed by atoms with E-state index in [9.17, 15) is 22.8 Å². The first kappa shape index (κ1) is 19.1. The number of hydrogen-bond acceptors (Lipinski definition) is 6. The van der Waals surface area contributed by atoms with Crippen molar-refractivity contribution < 1.29 is 31.9 Å². The Morgan fingerprint density at radius 2 is 1.68 bits per heavy atom. The standard InChI is InChI=1S/C18H12F3N3O4/c19-18(20,21)13-8-6-12(7-9-13)16(26)27-10-14(25)22-17-24-23-15(28-17)11-4-2-1-3-5-11/h1-9H,10H2,(H,22,24,25). The summed E-state index contributed by atoms with van der Waals surface area (Å²) in [5.74, 6) is -1.50. The third kappa shape index (κ3) is 4.72. The van der Waals surface area contributed by atoms with Gasteiger partial charge in [-0.2, -0.15) is 13.2 Å². The summed E-state index contributed by atoms with van der Waals surface area (Å²) in [5.41, 5.74) is -0.360. The van der Waals surface area contributed by atoms with Crippen molar-refractivity contribution in [2.24, 2.45) is 0 Å². The molecule has 3 rings (SSSR count). The Balaban J connectivity index is 1.53. The molecule has 0 bridgehead atoms. The molecule has 10 heteroatoms. The topological polar surface area (TPSA) is 94.3 Å². The molecule has 0 saturated carbocycles. The Morgan fingerprint density at radius 1 is 1.00 bits per heavy atom. The molecule has 1 aromatic heterocycles. The second kappa shape index (κ2) is 7.91. The predicted molar refractivity (Wildman–Crippen MR) is 90.1 cm³/mol. The molecular formula is C18H12F3N3O4. The van der Waals surface area contributed by atoms with E-state index in [2.05, 4.69) is 15.5 Å². The lowest BCUT2D eigenvalue weighted by Crippen LogP contribution is -2.21. The smallest absolute Gasteiger partial charge is 0.416 e. The number of carbonyl (C=O) groups is 2. The Labute approximate surface area is 156 Å². The molecule has 7 nitrogen and oxygen atoms in total. The van der Waals surface area contributed by atoms with Gasteiger partial charge in [-0.1, -0.05) is 23.3 Å². The number of aromatic nitrogens is 2. The first-order chi connectivity index (χ1) is 13.3. The molecule has 28 heavy (non-hydrogen) atoms. The fraction of sp³-hybridized carbons (Fsp3) is 0.111. The van der Waals surface area contributed by atoms with Crippen molar-refractivity contribution in [1.29, 1.82) is 0 Å². The Morgan fingerprint density at radius 3 is 2.32 bits per heavy atom. The van der Waals surface area contributed by atoms with Gasteiger partial charge in [-0.05, 0) is 36.4 Å². The fourth-order valence-electron chi connectivity index (χ4n) is 2.14. The number of esters is 1. The van der Waals surface area contributed by atoms with E-state index in [1.165, 1.54) is 0 Å². The molecule has 0 unspecified atom stereocenters. The minimum atomic E-state index is -4.51. The molecule has 1 heterocycles. The van der Waals surface area contributed by atoms with Crippen LogP contribution in [0.15, 0.2) is 59.0 Å². The van der Waals surface area contributed by atoms with Crippen LogP contribution in [0.3, 0.4) is 0 Å². The van der Waals surface area contributed by atoms with Crippen LogP contribution in [0.25, 0.3) is 11.5 Å². The molecule has 0 aliphatic rings. The molecule has 2 aromatic carbocycles. The van der Waals surface area contributed by atoms with Crippen LogP contribution >= 0.6 is 0 Å². The lowest BCUT2D eigenvalue weighted by molar-refractivity contribution is -0.137. The maximum atomic E-state index is 12.5. The highest BCUT2D eigenvalue weighted by atomic mass is 19.4. The maximum Gasteiger partial charge on any atom is 0.416 e. The van der Waals surface area contributed by atoms with Gasteiger partial charge < -0.3 is 9.15 Å². The summed E-state index contributed by atoms with van der Waals surface area (Å²) in [7, 11) is 0. The van der Waals surface area contributed by atoms with Crippen LogP contribution in [0.2, 0.25) is 0 Å². The van der Waals surface area contributed by atoms with E-state index < -0.39 is 30.2 Å². The van der Waals surface area contributed by atoms with Crippen molar-refractivity contribution in [3.8, 4) is 11.5 Å². The van der Waals surface area contributed by atoms with E-state index in [0.717, 1.165) is 24.3 Å². The third-order valence-corrected chi connectivity index (χ3v) is 3.47. The van der Waals surface area contributed by atoms with E-state index in [-0.39, 0.29) is 17.5 Å². The number of benzene rings is 2. The molecule has 144 valence electrons. The molecule has 1 amide bonds. The van der Waals surface area contributed by atoms with Crippen molar-refractivity contribution >= 4 is 17.9 Å². The van der Waals surface area contributed by atoms with Crippen LogP contribution < -0.4 is 5.32 Å². The van der Waals surface area contributed by atoms with E-state index in [1.807, 2.05) is 6.07 Å². The number of anilines is 1. The van der Waals surface area contributed by atoms with Crippen LogP contribution in [0.4, 0.5) is 19.2 Å². The van der Waals surface area contributed by atoms with Gasteiger partial charge in [-0.15, -0.1) is 5.10 Å². The molecule has 3 aromatic rings. The Kier molecular flexibility index (Phi) is 5.39. The normalized spacial score (nSPS) is 11.1. The predicted octanol–water partition coefficient (Wildman–Crippen LogP) is 3.55. The first-order valence-corrected chi connectivity index (χ1v) is 7.86. The van der Waals surface area contributed by atoms with E-state index >= 15 is 0 Å². The van der Waals surface area contributed by atoms with E-state index in [0.29, 0.717) is 5.56 Å². The van der Waals surface area contributed by atoms with Crippen LogP contribution in [-0.4, -0.2) is 28.7 Å². The van der Waals surface area contributed by atoms with Gasteiger partial charge in [0.1, 0.15) is 0 Å². The second-order valence-corrected chi connectivity index (χ2v) is 5.48. The zero-order valence-corrected chi connectivity index (χ0v) is 14.1. The van der Waals surface area contributed by atoms with Gasteiger partial charge in [-0.25, -0.2) is 4.79 Å². The number of carbonyl (C=O) groups excluding carboxylic acids is 2. The molecule has 0 atom stereocenters. The second-order valence-electron chi connectivity index (χ2n) is 5.48. The summed E-state index contributed by atoms with van der Waals surface area (Å²) in [6, 6.07) is 12.1. The fourth-order valence-corrected chi connectivity index (χ4v) is 2.14. The molecule has 0 fully saturated rings. The molecule has 0 aliphatic heterocycles. The number of ether oxygens (including phenoxy) is 1. The minimum absolute atomic E-state index is 0.120. The number of nitrogens with zero attached hydrogens (tertiary/aromatic N) is 2. The maximum absolute atomic E-state index is 12.5. The quantitative estimate of drug-likeness (QED) is 0.669. The highest BCUT2D eigenvalue weighted by Crippen LogP contribution is 2.29. The zero-order chi connectivity index (χ0) is 20.1. The summed E-state index contributed by atoms with van der Waals surface area (Å²) in [5, 5.41) is 9.70. The van der Waals surface area contributed by atoms with Crippen molar-refractivity contribution in [3.05, 3.63) is 65.7 Å². The molecule has 0 saturated heterocycles. The average molecular weight is 391 g/mol. The number of nitrogens with one attached hydrogen (secondary N) is 1. The van der Waals surface area contributed by atoms with Gasteiger partial charge >= 0.3 is 18.2 Å². The van der Waals surface area contributed by atoms with Crippen molar-refractivity contribution in [3.63, 3.8) is 0 Å². The van der Waals surface area contributed by atoms with Crippen molar-refractivity contribution in [1.82, 2.24) is 10.2 Å². The number of hydrogen-bond donors (Lipinski definition) is 1. The minimum Gasteiger partial charge on any atom is -0.452 e. The largest absolute Gasteiger partial charge is 0.452 e. The lowest BCUT2D eigenvalue weighted by Gasteiger charge is -2.07. The van der Waals surface area contributed by atoms with Crippen molar-refractivity contribution in [2.75, 3.05) is 11.9 Å². The van der Waals surface area contributed by atoms with E-state index in [4.69, 9.17) is 9.15 Å². The van der Waals surface area contributed by atoms with Crippen molar-refractivity contribution in [2.45, 2.75) is 6.18 Å². The van der Waals surface area contributed by atoms with Gasteiger partial charge in [0.25, 0.3) is 5.91 Å².